The van der Waals surface area contributed by atoms with Gasteiger partial charge in [-0.15, -0.1) is 0 Å². The highest BCUT2D eigenvalue weighted by atomic mass is 35.5. The van der Waals surface area contributed by atoms with E-state index in [2.05, 4.69) is 5.32 Å². The summed E-state index contributed by atoms with van der Waals surface area (Å²) in [5, 5.41) is 3.83. The number of nitrogens with one attached hydrogen (secondary N) is 1. The van der Waals surface area contributed by atoms with Gasteiger partial charge in [0.2, 0.25) is 21.8 Å². The number of nitrogens with zero attached hydrogens (tertiary/aromatic N) is 2. The summed E-state index contributed by atoms with van der Waals surface area (Å²) < 4.78 is 32.1. The lowest BCUT2D eigenvalue weighted by atomic mass is 10.0. The van der Waals surface area contributed by atoms with E-state index in [-0.39, 0.29) is 35.6 Å². The number of methoxy groups -OCH3 is 1. The Morgan fingerprint density at radius 2 is 1.67 bits per heavy atom. The van der Waals surface area contributed by atoms with Crippen LogP contribution in [-0.2, 0) is 32.6 Å². The molecule has 42 heavy (non-hydrogen) atoms. The summed E-state index contributed by atoms with van der Waals surface area (Å²) in [4.78, 5) is 29.5. The molecule has 1 fully saturated rings. The molecule has 1 saturated carbocycles. The molecule has 1 aliphatic carbocycles. The molecule has 0 bridgehead atoms. The molecular formula is C31H35Cl2N3O5S. The summed E-state index contributed by atoms with van der Waals surface area (Å²) in [6.45, 7) is -0.486. The van der Waals surface area contributed by atoms with Gasteiger partial charge in [-0.1, -0.05) is 78.5 Å². The second-order valence-electron chi connectivity index (χ2n) is 10.4. The molecule has 0 saturated heterocycles. The van der Waals surface area contributed by atoms with E-state index >= 15 is 0 Å². The standard InChI is InChI=1S/C31H35Cl2N3O5S/c1-41-29-16-15-26(19-27(29)33)36(42(2,39)40)21-30(37)35(20-23-11-8-12-24(32)17-23)28(18-22-9-4-3-5-10-22)31(38)34-25-13-6-7-14-25/h3-5,8-12,15-17,19,25,28H,6-7,13-14,18,20-21H2,1-2H3,(H,34,38)/t28-/m1/s1. The molecule has 0 radical (unpaired) electrons. The Kier molecular flexibility index (Phi) is 10.8. The Bertz CT molecular complexity index is 1500. The van der Waals surface area contributed by atoms with Gasteiger partial charge in [0.15, 0.2) is 0 Å². The number of carbonyl (C=O) groups excluding carboxylic acids is 2. The molecule has 8 nitrogen and oxygen atoms in total. The number of carbonyl (C=O) groups is 2. The highest BCUT2D eigenvalue weighted by Gasteiger charge is 2.34. The minimum atomic E-state index is -3.92. The summed E-state index contributed by atoms with van der Waals surface area (Å²) in [6.07, 6.45) is 5.10. The first kappa shape index (κ1) is 31.7. The van der Waals surface area contributed by atoms with Crippen molar-refractivity contribution in [1.29, 1.82) is 0 Å². The zero-order valence-corrected chi connectivity index (χ0v) is 26.0. The van der Waals surface area contributed by atoms with Gasteiger partial charge in [0.1, 0.15) is 18.3 Å². The average molecular weight is 633 g/mol. The zero-order chi connectivity index (χ0) is 30.3. The van der Waals surface area contributed by atoms with E-state index in [0.29, 0.717) is 16.3 Å². The van der Waals surface area contributed by atoms with Gasteiger partial charge >= 0.3 is 0 Å². The Balaban J connectivity index is 1.73. The molecule has 0 unspecified atom stereocenters. The third-order valence-electron chi connectivity index (χ3n) is 7.32. The lowest BCUT2D eigenvalue weighted by Gasteiger charge is -2.34. The highest BCUT2D eigenvalue weighted by molar-refractivity contribution is 7.92. The molecule has 0 heterocycles. The van der Waals surface area contributed by atoms with Gasteiger partial charge in [-0.05, 0) is 54.3 Å². The van der Waals surface area contributed by atoms with Gasteiger partial charge in [0.05, 0.1) is 24.1 Å². The normalized spacial score (nSPS) is 14.3. The van der Waals surface area contributed by atoms with E-state index in [4.69, 9.17) is 27.9 Å². The number of benzene rings is 3. The number of rotatable bonds is 12. The maximum Gasteiger partial charge on any atom is 0.244 e. The van der Waals surface area contributed by atoms with Crippen molar-refractivity contribution in [3.63, 3.8) is 0 Å². The summed E-state index contributed by atoms with van der Waals surface area (Å²) in [6, 6.07) is 20.1. The van der Waals surface area contributed by atoms with E-state index in [1.54, 1.807) is 18.2 Å². The van der Waals surface area contributed by atoms with Crippen LogP contribution in [0.2, 0.25) is 10.0 Å². The van der Waals surface area contributed by atoms with Crippen LogP contribution < -0.4 is 14.4 Å². The summed E-state index contributed by atoms with van der Waals surface area (Å²) in [7, 11) is -2.47. The number of hydrogen-bond acceptors (Lipinski definition) is 5. The first-order chi connectivity index (χ1) is 20.0. The molecule has 1 atom stereocenters. The maximum atomic E-state index is 14.2. The topological polar surface area (TPSA) is 96.0 Å². The van der Waals surface area contributed by atoms with E-state index in [1.807, 2.05) is 36.4 Å². The van der Waals surface area contributed by atoms with Crippen LogP contribution in [-0.4, -0.2) is 57.1 Å². The van der Waals surface area contributed by atoms with Crippen molar-refractivity contribution in [2.75, 3.05) is 24.2 Å². The molecule has 3 aromatic rings. The minimum Gasteiger partial charge on any atom is -0.495 e. The zero-order valence-electron chi connectivity index (χ0n) is 23.6. The number of hydrogen-bond donors (Lipinski definition) is 1. The molecule has 0 spiro atoms. The van der Waals surface area contributed by atoms with Gasteiger partial charge in [-0.2, -0.15) is 0 Å². The lowest BCUT2D eigenvalue weighted by molar-refractivity contribution is -0.140. The van der Waals surface area contributed by atoms with Crippen LogP contribution in [0.5, 0.6) is 5.75 Å². The van der Waals surface area contributed by atoms with Crippen molar-refractivity contribution in [2.45, 2.75) is 50.7 Å². The monoisotopic (exact) mass is 631 g/mol. The van der Waals surface area contributed by atoms with Crippen LogP contribution in [0.4, 0.5) is 5.69 Å². The summed E-state index contributed by atoms with van der Waals surface area (Å²) >= 11 is 12.6. The second kappa shape index (κ2) is 14.3. The van der Waals surface area contributed by atoms with Gasteiger partial charge in [0.25, 0.3) is 0 Å². The summed E-state index contributed by atoms with van der Waals surface area (Å²) in [5.41, 5.74) is 1.78. The van der Waals surface area contributed by atoms with E-state index in [9.17, 15) is 18.0 Å². The van der Waals surface area contributed by atoms with E-state index in [0.717, 1.165) is 41.8 Å². The Morgan fingerprint density at radius 1 is 0.976 bits per heavy atom. The van der Waals surface area contributed by atoms with Crippen LogP contribution in [0.1, 0.15) is 36.8 Å². The van der Waals surface area contributed by atoms with Crippen LogP contribution in [0.15, 0.2) is 72.8 Å². The first-order valence-corrected chi connectivity index (χ1v) is 16.3. The van der Waals surface area contributed by atoms with Gasteiger partial charge in [0, 0.05) is 24.0 Å². The fourth-order valence-corrected chi connectivity index (χ4v) is 6.48. The largest absolute Gasteiger partial charge is 0.495 e. The van der Waals surface area contributed by atoms with Crippen molar-refractivity contribution < 1.29 is 22.7 Å². The molecule has 3 aromatic carbocycles. The molecule has 224 valence electrons. The van der Waals surface area contributed by atoms with Crippen molar-refractivity contribution >= 4 is 50.7 Å². The number of halogens is 2. The van der Waals surface area contributed by atoms with Gasteiger partial charge in [-0.25, -0.2) is 8.42 Å². The predicted molar refractivity (Wildman–Crippen MR) is 167 cm³/mol. The van der Waals surface area contributed by atoms with Crippen molar-refractivity contribution in [3.05, 3.63) is 94.0 Å². The molecule has 0 aliphatic heterocycles. The van der Waals surface area contributed by atoms with E-state index in [1.165, 1.54) is 30.2 Å². The average Bonchev–Trinajstić information content (AvgIpc) is 3.46. The second-order valence-corrected chi connectivity index (χ2v) is 13.2. The number of ether oxygens (including phenoxy) is 1. The highest BCUT2D eigenvalue weighted by Crippen LogP contribution is 2.30. The van der Waals surface area contributed by atoms with Gasteiger partial charge in [-0.3, -0.25) is 13.9 Å². The Labute approximate surface area is 257 Å². The van der Waals surface area contributed by atoms with Crippen molar-refractivity contribution in [3.8, 4) is 5.75 Å². The van der Waals surface area contributed by atoms with Crippen LogP contribution >= 0.6 is 23.2 Å². The number of sulfonamides is 1. The van der Waals surface area contributed by atoms with Crippen LogP contribution in [0, 0.1) is 0 Å². The van der Waals surface area contributed by atoms with Crippen LogP contribution in [0.25, 0.3) is 0 Å². The predicted octanol–water partition coefficient (Wildman–Crippen LogP) is 5.47. The Morgan fingerprint density at radius 3 is 2.29 bits per heavy atom. The third kappa shape index (κ3) is 8.40. The SMILES string of the molecule is COc1ccc(N(CC(=O)N(Cc2cccc(Cl)c2)[C@H](Cc2ccccc2)C(=O)NC2CCCC2)S(C)(=O)=O)cc1Cl. The number of amides is 2. The summed E-state index contributed by atoms with van der Waals surface area (Å²) in [5.74, 6) is -0.455. The molecule has 11 heteroatoms. The molecule has 1 N–H and O–H groups in total. The maximum absolute atomic E-state index is 14.2. The first-order valence-electron chi connectivity index (χ1n) is 13.7. The molecular weight excluding hydrogens is 597 g/mol. The molecule has 4 rings (SSSR count). The van der Waals surface area contributed by atoms with Crippen molar-refractivity contribution in [1.82, 2.24) is 10.2 Å². The molecule has 1 aliphatic rings. The third-order valence-corrected chi connectivity index (χ3v) is 8.99. The quantitative estimate of drug-likeness (QED) is 0.286. The fraction of sp³-hybridized carbons (Fsp3) is 0.355. The lowest BCUT2D eigenvalue weighted by Crippen LogP contribution is -2.54. The van der Waals surface area contributed by atoms with Crippen LogP contribution in [0.3, 0.4) is 0 Å². The number of anilines is 1. The minimum absolute atomic E-state index is 0.0351. The van der Waals surface area contributed by atoms with Gasteiger partial charge < -0.3 is 15.0 Å². The molecule has 0 aromatic heterocycles. The molecule has 2 amide bonds. The van der Waals surface area contributed by atoms with E-state index < -0.39 is 28.5 Å². The Hall–Kier alpha value is -3.27. The fourth-order valence-electron chi connectivity index (χ4n) is 5.18. The van der Waals surface area contributed by atoms with Crippen molar-refractivity contribution in [2.24, 2.45) is 0 Å². The smallest absolute Gasteiger partial charge is 0.244 e.